The maximum Gasteiger partial charge on any atom is 0.331 e. The van der Waals surface area contributed by atoms with Crippen molar-refractivity contribution in [3.05, 3.63) is 47.6 Å². The van der Waals surface area contributed by atoms with Gasteiger partial charge in [-0.2, -0.15) is 0 Å². The lowest BCUT2D eigenvalue weighted by molar-refractivity contribution is -0.343. The van der Waals surface area contributed by atoms with Crippen LogP contribution in [0.1, 0.15) is 107 Å². The molecule has 3 fully saturated rings. The standard InChI is InChI=1S/C44H72O13/c1-11-12-13-16-34-32-20-25(2)15-14-17-35(51-10)41(56-37(46)19-18-26(3)22-43(9,42(32)49)53-24-52-34)28(5)39(47)29(6)44(50)23-36(27(4)30(7)57-44)55-38-21-33(45)40(48)31(8)54-38/h14-15,17-19,22,27-36,38-42,45,47-50H,11-13,16,20-21,23-24H2,1-10H3/b17-14+,19-18+,25-15+,26-22+/t27-,28+,29+,30-,31-,32+,33-,34+,35+,36-,38+,39-,40-,41-,42+,43+,44-/m1/s1. The smallest absolute Gasteiger partial charge is 0.331 e. The lowest BCUT2D eigenvalue weighted by Crippen LogP contribution is -2.59. The Morgan fingerprint density at radius 2 is 1.77 bits per heavy atom. The Labute approximate surface area is 340 Å². The number of cyclic esters (lactones) is 1. The molecule has 4 heterocycles. The first-order valence-corrected chi connectivity index (χ1v) is 21.0. The van der Waals surface area contributed by atoms with Gasteiger partial charge in [-0.25, -0.2) is 4.79 Å². The minimum absolute atomic E-state index is 0.00431. The van der Waals surface area contributed by atoms with E-state index in [4.69, 9.17) is 33.2 Å². The number of hydrogen-bond acceptors (Lipinski definition) is 13. The fourth-order valence-electron chi connectivity index (χ4n) is 8.73. The minimum atomic E-state index is -1.84. The number of aliphatic hydroxyl groups excluding tert-OH is 4. The van der Waals surface area contributed by atoms with E-state index in [-0.39, 0.29) is 37.6 Å². The minimum Gasteiger partial charge on any atom is -0.456 e. The van der Waals surface area contributed by atoms with E-state index in [0.29, 0.717) is 12.0 Å². The molecule has 0 saturated carbocycles. The molecule has 4 aliphatic rings. The predicted octanol–water partition coefficient (Wildman–Crippen LogP) is 5.02. The molecule has 17 atom stereocenters. The van der Waals surface area contributed by atoms with E-state index < -0.39 is 90.4 Å². The van der Waals surface area contributed by atoms with Crippen molar-refractivity contribution < 1.29 is 63.5 Å². The Morgan fingerprint density at radius 1 is 1.05 bits per heavy atom. The van der Waals surface area contributed by atoms with Crippen LogP contribution in [0.3, 0.4) is 0 Å². The Bertz CT molecular complexity index is 1400. The van der Waals surface area contributed by atoms with Crippen LogP contribution in [0.4, 0.5) is 0 Å². The molecule has 3 saturated heterocycles. The summed E-state index contributed by atoms with van der Waals surface area (Å²) in [4.78, 5) is 13.5. The van der Waals surface area contributed by atoms with Crippen LogP contribution < -0.4 is 0 Å². The second-order valence-electron chi connectivity index (χ2n) is 17.3. The Hall–Kier alpha value is -2.01. The van der Waals surface area contributed by atoms with Crippen molar-refractivity contribution in [2.45, 2.75) is 186 Å². The van der Waals surface area contributed by atoms with Gasteiger partial charge in [0.15, 0.2) is 12.1 Å². The lowest BCUT2D eigenvalue weighted by Gasteiger charge is -2.49. The van der Waals surface area contributed by atoms with E-state index in [1.165, 1.54) is 13.2 Å². The van der Waals surface area contributed by atoms with Gasteiger partial charge in [0.1, 0.15) is 30.7 Å². The van der Waals surface area contributed by atoms with E-state index >= 15 is 0 Å². The summed E-state index contributed by atoms with van der Waals surface area (Å²) in [6.45, 7) is 16.7. The average Bonchev–Trinajstić information content (AvgIpc) is 3.26. The number of ether oxygens (including phenoxy) is 7. The van der Waals surface area contributed by atoms with Gasteiger partial charge >= 0.3 is 5.97 Å². The van der Waals surface area contributed by atoms with Gasteiger partial charge in [0.25, 0.3) is 0 Å². The first kappa shape index (κ1) is 47.7. The zero-order chi connectivity index (χ0) is 42.2. The molecule has 0 unspecified atom stereocenters. The molecule has 13 nitrogen and oxygen atoms in total. The van der Waals surface area contributed by atoms with Crippen LogP contribution in [-0.4, -0.2) is 124 Å². The highest BCUT2D eigenvalue weighted by Crippen LogP contribution is 2.42. The van der Waals surface area contributed by atoms with Crippen LogP contribution in [0.5, 0.6) is 0 Å². The summed E-state index contributed by atoms with van der Waals surface area (Å²) >= 11 is 0. The predicted molar refractivity (Wildman–Crippen MR) is 213 cm³/mol. The SMILES string of the molecule is CCCCC[C@@H]1OCO[C@@]2(C)/C=C(C)/C=C/C(=O)O[C@H]([C@@H](C)[C@@H](O)[C@H](C)[C@@]3(O)C[C@@H](O[C@H]4C[C@@H](O)[C@H](O)[C@@H](C)O4)[C@H](C)[C@@H](C)O3)[C@@H](OC)/C=C/C=C(\C)C[C@@H]1[C@@H]2O. The molecule has 13 heteroatoms. The normalized spacial score (nSPS) is 44.6. The maximum atomic E-state index is 13.5. The van der Waals surface area contributed by atoms with E-state index in [0.717, 1.165) is 31.3 Å². The van der Waals surface area contributed by atoms with E-state index in [1.54, 1.807) is 32.9 Å². The molecular formula is C44H72O13. The monoisotopic (exact) mass is 808 g/mol. The molecular weight excluding hydrogens is 736 g/mol. The van der Waals surface area contributed by atoms with E-state index in [2.05, 4.69) is 6.92 Å². The first-order chi connectivity index (χ1) is 26.8. The lowest BCUT2D eigenvalue weighted by atomic mass is 9.77. The maximum absolute atomic E-state index is 13.5. The van der Waals surface area contributed by atoms with E-state index in [1.807, 2.05) is 52.8 Å². The number of methoxy groups -OCH3 is 1. The highest BCUT2D eigenvalue weighted by molar-refractivity contribution is 5.82. The number of allylic oxidation sites excluding steroid dienone is 5. The van der Waals surface area contributed by atoms with Gasteiger partial charge in [-0.1, -0.05) is 82.4 Å². The van der Waals surface area contributed by atoms with Crippen LogP contribution in [0.2, 0.25) is 0 Å². The molecule has 57 heavy (non-hydrogen) atoms. The molecule has 0 spiro atoms. The number of hydrogen-bond donors (Lipinski definition) is 5. The molecule has 0 aromatic rings. The molecule has 5 N–H and O–H groups in total. The molecule has 0 aromatic carbocycles. The number of rotatable bonds is 11. The number of unbranched alkanes of at least 4 members (excludes halogenated alkanes) is 2. The molecule has 0 aliphatic carbocycles. The topological polar surface area (TPSA) is 183 Å². The summed E-state index contributed by atoms with van der Waals surface area (Å²) < 4.78 is 42.7. The number of carbonyl (C=O) groups excluding carboxylic acids is 1. The second-order valence-corrected chi connectivity index (χ2v) is 17.3. The molecule has 0 aromatic heterocycles. The molecule has 0 amide bonds. The molecule has 2 bridgehead atoms. The summed E-state index contributed by atoms with van der Waals surface area (Å²) in [5.74, 6) is -4.60. The van der Waals surface area contributed by atoms with Gasteiger partial charge in [0.2, 0.25) is 0 Å². The van der Waals surface area contributed by atoms with Gasteiger partial charge in [0.05, 0.1) is 42.7 Å². The zero-order valence-electron chi connectivity index (χ0n) is 35.8. The van der Waals surface area contributed by atoms with Crippen molar-refractivity contribution in [3.8, 4) is 0 Å². The largest absolute Gasteiger partial charge is 0.456 e. The van der Waals surface area contributed by atoms with Crippen molar-refractivity contribution in [2.24, 2.45) is 23.7 Å². The first-order valence-electron chi connectivity index (χ1n) is 21.0. The van der Waals surface area contributed by atoms with Crippen molar-refractivity contribution in [2.75, 3.05) is 13.9 Å². The number of fused-ring (bicyclic) bond motifs is 2. The third-order valence-corrected chi connectivity index (χ3v) is 12.8. The quantitative estimate of drug-likeness (QED) is 0.139. The summed E-state index contributed by atoms with van der Waals surface area (Å²) in [6.07, 6.45) is 6.16. The van der Waals surface area contributed by atoms with Crippen LogP contribution in [0.15, 0.2) is 47.6 Å². The second kappa shape index (κ2) is 21.0. The highest BCUT2D eigenvalue weighted by Gasteiger charge is 2.52. The summed E-state index contributed by atoms with van der Waals surface area (Å²) in [7, 11) is 1.50. The molecule has 4 rings (SSSR count). The summed E-state index contributed by atoms with van der Waals surface area (Å²) in [5, 5.41) is 56.5. The molecule has 0 radical (unpaired) electrons. The Kier molecular flexibility index (Phi) is 17.6. The summed E-state index contributed by atoms with van der Waals surface area (Å²) in [5.41, 5.74) is 0.589. The van der Waals surface area contributed by atoms with Gasteiger partial charge in [-0.15, -0.1) is 0 Å². The average molecular weight is 809 g/mol. The zero-order valence-corrected chi connectivity index (χ0v) is 35.8. The number of esters is 1. The third kappa shape index (κ3) is 12.1. The van der Waals surface area contributed by atoms with Gasteiger partial charge in [0, 0.05) is 49.7 Å². The number of aliphatic hydroxyl groups is 5. The van der Waals surface area contributed by atoms with Crippen LogP contribution in [0.25, 0.3) is 0 Å². The van der Waals surface area contributed by atoms with Gasteiger partial charge in [-0.05, 0) is 53.5 Å². The van der Waals surface area contributed by atoms with Gasteiger partial charge in [-0.3, -0.25) is 0 Å². The highest BCUT2D eigenvalue weighted by atomic mass is 16.7. The molecule has 326 valence electrons. The van der Waals surface area contributed by atoms with Crippen molar-refractivity contribution in [3.63, 3.8) is 0 Å². The van der Waals surface area contributed by atoms with Crippen molar-refractivity contribution >= 4 is 5.97 Å². The van der Waals surface area contributed by atoms with Crippen LogP contribution in [-0.2, 0) is 38.0 Å². The third-order valence-electron chi connectivity index (χ3n) is 12.8. The van der Waals surface area contributed by atoms with Crippen molar-refractivity contribution in [1.82, 2.24) is 0 Å². The fourth-order valence-corrected chi connectivity index (χ4v) is 8.73. The Balaban J connectivity index is 1.61. The van der Waals surface area contributed by atoms with Crippen molar-refractivity contribution in [1.29, 1.82) is 0 Å². The van der Waals surface area contributed by atoms with Crippen LogP contribution >= 0.6 is 0 Å². The van der Waals surface area contributed by atoms with Gasteiger partial charge < -0.3 is 58.7 Å². The van der Waals surface area contributed by atoms with E-state index in [9.17, 15) is 30.3 Å². The fraction of sp³-hybridized carbons (Fsp3) is 0.795. The Morgan fingerprint density at radius 3 is 2.44 bits per heavy atom. The number of carbonyl (C=O) groups is 1. The summed E-state index contributed by atoms with van der Waals surface area (Å²) in [6, 6.07) is 0. The van der Waals surface area contributed by atoms with Crippen LogP contribution in [0, 0.1) is 23.7 Å². The molecule has 4 aliphatic heterocycles.